The Bertz CT molecular complexity index is 825. The number of aromatic nitrogens is 1. The van der Waals surface area contributed by atoms with Crippen LogP contribution in [0.5, 0.6) is 0 Å². The van der Waals surface area contributed by atoms with Crippen LogP contribution in [-0.2, 0) is 24.2 Å². The van der Waals surface area contributed by atoms with E-state index in [4.69, 9.17) is 0 Å². The van der Waals surface area contributed by atoms with E-state index in [2.05, 4.69) is 34.1 Å². The molecule has 2 saturated heterocycles. The monoisotopic (exact) mass is 409 g/mol. The number of pyridine rings is 1. The molecule has 0 atom stereocenters. The summed E-state index contributed by atoms with van der Waals surface area (Å²) in [5.74, 6) is 0.781. The van der Waals surface area contributed by atoms with Crippen molar-refractivity contribution in [3.63, 3.8) is 0 Å². The lowest BCUT2D eigenvalue weighted by molar-refractivity contribution is -0.130. The third-order valence-corrected chi connectivity index (χ3v) is 6.59. The minimum Gasteiger partial charge on any atom is -0.343 e. The summed E-state index contributed by atoms with van der Waals surface area (Å²) in [4.78, 5) is 20.4. The summed E-state index contributed by atoms with van der Waals surface area (Å²) < 4.78 is 13.8. The van der Waals surface area contributed by atoms with E-state index < -0.39 is 0 Å². The topological polar surface area (TPSA) is 36.4 Å². The fraction of sp³-hybridized carbons (Fsp3) is 0.520. The van der Waals surface area contributed by atoms with Gasteiger partial charge in [0.15, 0.2) is 0 Å². The van der Waals surface area contributed by atoms with Crippen LogP contribution in [0.3, 0.4) is 0 Å². The second kappa shape index (κ2) is 10.2. The van der Waals surface area contributed by atoms with E-state index in [1.165, 1.54) is 17.3 Å². The Hall–Kier alpha value is -2.27. The molecule has 0 spiro atoms. The van der Waals surface area contributed by atoms with Crippen LogP contribution in [0.1, 0.15) is 48.8 Å². The van der Waals surface area contributed by atoms with Crippen molar-refractivity contribution in [2.24, 2.45) is 5.92 Å². The maximum atomic E-state index is 13.8. The molecule has 0 radical (unpaired) electrons. The van der Waals surface area contributed by atoms with Gasteiger partial charge in [0.25, 0.3) is 0 Å². The average Bonchev–Trinajstić information content (AvgIpc) is 3.31. The second-order valence-electron chi connectivity index (χ2n) is 8.80. The normalized spacial score (nSPS) is 18.1. The maximum Gasteiger partial charge on any atom is 0.222 e. The van der Waals surface area contributed by atoms with Crippen molar-refractivity contribution in [3.05, 3.63) is 65.2 Å². The maximum absolute atomic E-state index is 13.8. The standard InChI is InChI=1S/C25H32FN3O/c26-24-18-27-12-9-23(24)19-28-15-10-22(11-16-28)17-21-5-3-20(4-6-21)7-8-25(30)29-13-1-2-14-29/h3-6,9,12,18,22H,1-2,7-8,10-11,13-17,19H2. The van der Waals surface area contributed by atoms with E-state index in [9.17, 15) is 9.18 Å². The van der Waals surface area contributed by atoms with Crippen LogP contribution in [0, 0.1) is 11.7 Å². The molecule has 2 aliphatic rings. The van der Waals surface area contributed by atoms with Crippen molar-refractivity contribution < 1.29 is 9.18 Å². The smallest absolute Gasteiger partial charge is 0.222 e. The second-order valence-corrected chi connectivity index (χ2v) is 8.80. The predicted molar refractivity (Wildman–Crippen MR) is 116 cm³/mol. The SMILES string of the molecule is O=C(CCc1ccc(CC2CCN(Cc3ccncc3F)CC2)cc1)N1CCCC1. The number of aryl methyl sites for hydroxylation is 1. The molecule has 0 unspecified atom stereocenters. The molecule has 0 N–H and O–H groups in total. The van der Waals surface area contributed by atoms with Gasteiger partial charge in [-0.05, 0) is 74.7 Å². The number of hydrogen-bond acceptors (Lipinski definition) is 3. The zero-order valence-electron chi connectivity index (χ0n) is 17.7. The summed E-state index contributed by atoms with van der Waals surface area (Å²) in [6.45, 7) is 4.58. The van der Waals surface area contributed by atoms with Gasteiger partial charge in [-0.25, -0.2) is 4.39 Å². The minimum absolute atomic E-state index is 0.207. The van der Waals surface area contributed by atoms with Gasteiger partial charge in [-0.3, -0.25) is 14.7 Å². The van der Waals surface area contributed by atoms with Crippen LogP contribution in [0.25, 0.3) is 0 Å². The molecule has 160 valence electrons. The number of benzene rings is 1. The van der Waals surface area contributed by atoms with Gasteiger partial charge in [0.1, 0.15) is 5.82 Å². The molecule has 0 aliphatic carbocycles. The summed E-state index contributed by atoms with van der Waals surface area (Å²) in [7, 11) is 0. The molecule has 2 fully saturated rings. The van der Waals surface area contributed by atoms with Gasteiger partial charge < -0.3 is 4.90 Å². The van der Waals surface area contributed by atoms with Gasteiger partial charge in [0.2, 0.25) is 5.91 Å². The van der Waals surface area contributed by atoms with Gasteiger partial charge in [0.05, 0.1) is 6.20 Å². The molecule has 4 rings (SSSR count). The number of hydrogen-bond donors (Lipinski definition) is 0. The van der Waals surface area contributed by atoms with E-state index in [-0.39, 0.29) is 5.82 Å². The van der Waals surface area contributed by atoms with E-state index in [1.54, 1.807) is 12.3 Å². The van der Waals surface area contributed by atoms with Crippen LogP contribution in [0.15, 0.2) is 42.7 Å². The van der Waals surface area contributed by atoms with E-state index in [1.807, 2.05) is 4.90 Å². The molecule has 2 aromatic rings. The summed E-state index contributed by atoms with van der Waals surface area (Å²) in [5, 5.41) is 0. The Morgan fingerprint density at radius 2 is 1.70 bits per heavy atom. The molecule has 30 heavy (non-hydrogen) atoms. The molecule has 0 saturated carbocycles. The highest BCUT2D eigenvalue weighted by Gasteiger charge is 2.21. The zero-order valence-corrected chi connectivity index (χ0v) is 17.7. The van der Waals surface area contributed by atoms with Gasteiger partial charge in [-0.2, -0.15) is 0 Å². The minimum atomic E-state index is -0.207. The van der Waals surface area contributed by atoms with Gasteiger partial charge in [0, 0.05) is 37.8 Å². The third-order valence-electron chi connectivity index (χ3n) is 6.59. The molecule has 0 bridgehead atoms. The van der Waals surface area contributed by atoms with E-state index in [0.29, 0.717) is 24.8 Å². The van der Waals surface area contributed by atoms with Gasteiger partial charge in [-0.15, -0.1) is 0 Å². The predicted octanol–water partition coefficient (Wildman–Crippen LogP) is 4.23. The molecule has 1 aromatic heterocycles. The van der Waals surface area contributed by atoms with Crippen molar-refractivity contribution >= 4 is 5.91 Å². The molecular weight excluding hydrogens is 377 g/mol. The summed E-state index contributed by atoms with van der Waals surface area (Å²) in [5.41, 5.74) is 3.37. The fourth-order valence-electron chi connectivity index (χ4n) is 4.67. The van der Waals surface area contributed by atoms with Crippen LogP contribution < -0.4 is 0 Å². The van der Waals surface area contributed by atoms with E-state index in [0.717, 1.165) is 70.3 Å². The lowest BCUT2D eigenvalue weighted by Crippen LogP contribution is -2.34. The van der Waals surface area contributed by atoms with Crippen LogP contribution in [0.4, 0.5) is 4.39 Å². The molecule has 2 aliphatic heterocycles. The number of halogens is 1. The summed E-state index contributed by atoms with van der Waals surface area (Å²) >= 11 is 0. The van der Waals surface area contributed by atoms with Crippen molar-refractivity contribution in [1.82, 2.24) is 14.8 Å². The number of carbonyl (C=O) groups excluding carboxylic acids is 1. The number of piperidine rings is 1. The van der Waals surface area contributed by atoms with Crippen molar-refractivity contribution in [2.45, 2.75) is 51.5 Å². The largest absolute Gasteiger partial charge is 0.343 e. The first-order chi connectivity index (χ1) is 14.7. The first-order valence-corrected chi connectivity index (χ1v) is 11.3. The first-order valence-electron chi connectivity index (χ1n) is 11.3. The quantitative estimate of drug-likeness (QED) is 0.687. The average molecular weight is 410 g/mol. The molecule has 1 amide bonds. The Morgan fingerprint density at radius 1 is 1.00 bits per heavy atom. The van der Waals surface area contributed by atoms with Gasteiger partial charge in [-0.1, -0.05) is 24.3 Å². The van der Waals surface area contributed by atoms with Gasteiger partial charge >= 0.3 is 0 Å². The van der Waals surface area contributed by atoms with Crippen LogP contribution in [0.2, 0.25) is 0 Å². The first kappa shape index (κ1) is 21.0. The molecule has 4 nitrogen and oxygen atoms in total. The highest BCUT2D eigenvalue weighted by atomic mass is 19.1. The highest BCUT2D eigenvalue weighted by Crippen LogP contribution is 2.23. The Balaban J connectivity index is 1.20. The number of likely N-dealkylation sites (tertiary alicyclic amines) is 2. The molecule has 1 aromatic carbocycles. The van der Waals surface area contributed by atoms with Crippen molar-refractivity contribution in [1.29, 1.82) is 0 Å². The Labute approximate surface area is 179 Å². The van der Waals surface area contributed by atoms with E-state index >= 15 is 0 Å². The van der Waals surface area contributed by atoms with Crippen LogP contribution >= 0.6 is 0 Å². The number of nitrogens with zero attached hydrogens (tertiary/aromatic N) is 3. The number of carbonyl (C=O) groups is 1. The fourth-order valence-corrected chi connectivity index (χ4v) is 4.67. The Morgan fingerprint density at radius 3 is 2.40 bits per heavy atom. The zero-order chi connectivity index (χ0) is 20.8. The molecule has 3 heterocycles. The summed E-state index contributed by atoms with van der Waals surface area (Å²) in [6.07, 6.45) is 10.1. The Kier molecular flexibility index (Phi) is 7.11. The lowest BCUT2D eigenvalue weighted by atomic mass is 9.89. The number of amides is 1. The molecule has 5 heteroatoms. The summed E-state index contributed by atoms with van der Waals surface area (Å²) in [6, 6.07) is 10.6. The molecular formula is C25H32FN3O. The third kappa shape index (κ3) is 5.66. The van der Waals surface area contributed by atoms with Crippen molar-refractivity contribution in [3.8, 4) is 0 Å². The number of rotatable bonds is 7. The van der Waals surface area contributed by atoms with Crippen LogP contribution in [-0.4, -0.2) is 46.9 Å². The lowest BCUT2D eigenvalue weighted by Gasteiger charge is -2.32. The van der Waals surface area contributed by atoms with Crippen molar-refractivity contribution in [2.75, 3.05) is 26.2 Å². The highest BCUT2D eigenvalue weighted by molar-refractivity contribution is 5.76.